The Balaban J connectivity index is 1.84. The second-order valence-corrected chi connectivity index (χ2v) is 10.5. The maximum Gasteiger partial charge on any atom is 0.243 e. The minimum Gasteiger partial charge on any atom is -0.464 e. The first kappa shape index (κ1) is 26.9. The molecule has 1 heterocycles. The van der Waals surface area contributed by atoms with Crippen molar-refractivity contribution in [3.8, 4) is 0 Å². The fourth-order valence-corrected chi connectivity index (χ4v) is 5.13. The highest BCUT2D eigenvalue weighted by Crippen LogP contribution is 2.20. The Bertz CT molecular complexity index is 1180. The van der Waals surface area contributed by atoms with E-state index < -0.39 is 10.0 Å². The van der Waals surface area contributed by atoms with Gasteiger partial charge < -0.3 is 14.1 Å². The van der Waals surface area contributed by atoms with Crippen molar-refractivity contribution in [1.29, 1.82) is 0 Å². The van der Waals surface area contributed by atoms with Crippen molar-refractivity contribution in [3.05, 3.63) is 88.8 Å². The number of sulfonamides is 1. The van der Waals surface area contributed by atoms with Crippen molar-refractivity contribution in [2.24, 2.45) is 0 Å². The first-order valence-corrected chi connectivity index (χ1v) is 13.3. The van der Waals surface area contributed by atoms with Crippen LogP contribution in [0.3, 0.4) is 0 Å². The molecule has 0 aliphatic carbocycles. The molecular formula is C26H31ClN2O5S. The van der Waals surface area contributed by atoms with Crippen LogP contribution in [0.15, 0.2) is 76.0 Å². The third kappa shape index (κ3) is 7.93. The molecule has 35 heavy (non-hydrogen) atoms. The normalized spacial score (nSPS) is 11.7. The van der Waals surface area contributed by atoms with Gasteiger partial charge in [0.15, 0.2) is 0 Å². The third-order valence-electron chi connectivity index (χ3n) is 5.38. The van der Waals surface area contributed by atoms with Crippen LogP contribution < -0.4 is 0 Å². The summed E-state index contributed by atoms with van der Waals surface area (Å²) in [7, 11) is -3.93. The van der Waals surface area contributed by atoms with E-state index >= 15 is 0 Å². The lowest BCUT2D eigenvalue weighted by atomic mass is 10.2. The van der Waals surface area contributed by atoms with Crippen LogP contribution in [0.5, 0.6) is 0 Å². The summed E-state index contributed by atoms with van der Waals surface area (Å²) in [5.74, 6) is 1.06. The van der Waals surface area contributed by atoms with Crippen LogP contribution in [0.25, 0.3) is 0 Å². The maximum absolute atomic E-state index is 13.5. The molecule has 3 aromatic rings. The minimum absolute atomic E-state index is 0.0855. The molecule has 0 atom stereocenters. The van der Waals surface area contributed by atoms with Crippen molar-refractivity contribution in [1.82, 2.24) is 9.21 Å². The van der Waals surface area contributed by atoms with Crippen molar-refractivity contribution < 1.29 is 22.4 Å². The highest BCUT2D eigenvalue weighted by molar-refractivity contribution is 7.89. The molecule has 2 aromatic carbocycles. The lowest BCUT2D eigenvalue weighted by molar-refractivity contribution is -0.133. The van der Waals surface area contributed by atoms with E-state index in [0.717, 1.165) is 11.3 Å². The van der Waals surface area contributed by atoms with Crippen LogP contribution in [0.1, 0.15) is 30.4 Å². The second kappa shape index (κ2) is 12.9. The summed E-state index contributed by atoms with van der Waals surface area (Å²) >= 11 is 5.95. The molecule has 188 valence electrons. The summed E-state index contributed by atoms with van der Waals surface area (Å²) in [4.78, 5) is 15.2. The van der Waals surface area contributed by atoms with Gasteiger partial charge in [-0.2, -0.15) is 4.31 Å². The van der Waals surface area contributed by atoms with Gasteiger partial charge in [-0.3, -0.25) is 4.79 Å². The average Bonchev–Trinajstić information content (AvgIpc) is 3.26. The van der Waals surface area contributed by atoms with E-state index in [0.29, 0.717) is 37.0 Å². The molecule has 0 saturated heterocycles. The highest BCUT2D eigenvalue weighted by Gasteiger charge is 2.29. The van der Waals surface area contributed by atoms with E-state index in [1.54, 1.807) is 4.90 Å². The zero-order valence-corrected chi connectivity index (χ0v) is 21.6. The minimum atomic E-state index is -3.93. The molecule has 0 fully saturated rings. The Kier molecular flexibility index (Phi) is 9.92. The van der Waals surface area contributed by atoms with Gasteiger partial charge in [0.05, 0.1) is 18.0 Å². The predicted octanol–water partition coefficient (Wildman–Crippen LogP) is 4.89. The lowest BCUT2D eigenvalue weighted by Crippen LogP contribution is -2.43. The Morgan fingerprint density at radius 2 is 1.71 bits per heavy atom. The molecule has 0 radical (unpaired) electrons. The van der Waals surface area contributed by atoms with Crippen molar-refractivity contribution >= 4 is 27.5 Å². The number of hydrogen-bond acceptors (Lipinski definition) is 5. The van der Waals surface area contributed by atoms with Gasteiger partial charge in [0, 0.05) is 31.3 Å². The van der Waals surface area contributed by atoms with Crippen LogP contribution in [0.4, 0.5) is 0 Å². The van der Waals surface area contributed by atoms with Crippen LogP contribution in [0.2, 0.25) is 5.02 Å². The quantitative estimate of drug-likeness (QED) is 0.301. The fraction of sp³-hybridized carbons (Fsp3) is 0.346. The van der Waals surface area contributed by atoms with E-state index in [2.05, 4.69) is 0 Å². The van der Waals surface area contributed by atoms with Crippen LogP contribution >= 0.6 is 11.6 Å². The molecule has 3 rings (SSSR count). The molecule has 0 N–H and O–H groups in total. The van der Waals surface area contributed by atoms with Crippen molar-refractivity contribution in [2.75, 3.05) is 26.3 Å². The zero-order chi connectivity index (χ0) is 25.3. The number of amides is 1. The molecule has 0 unspecified atom stereocenters. The number of benzene rings is 2. The second-order valence-electron chi connectivity index (χ2n) is 8.09. The summed E-state index contributed by atoms with van der Waals surface area (Å²) in [6.07, 6.45) is 0.462. The molecule has 9 heteroatoms. The molecule has 0 spiro atoms. The van der Waals surface area contributed by atoms with Crippen molar-refractivity contribution in [3.63, 3.8) is 0 Å². The van der Waals surface area contributed by atoms with E-state index in [9.17, 15) is 13.2 Å². The molecule has 0 saturated carbocycles. The number of ether oxygens (including phenoxy) is 1. The van der Waals surface area contributed by atoms with E-state index in [1.165, 1.54) is 28.6 Å². The number of hydrogen-bond donors (Lipinski definition) is 0. The first-order valence-electron chi connectivity index (χ1n) is 11.5. The Labute approximate surface area is 212 Å². The van der Waals surface area contributed by atoms with Gasteiger partial charge in [-0.1, -0.05) is 41.9 Å². The van der Waals surface area contributed by atoms with Gasteiger partial charge >= 0.3 is 0 Å². The summed E-state index contributed by atoms with van der Waals surface area (Å²) < 4.78 is 39.2. The van der Waals surface area contributed by atoms with E-state index in [-0.39, 0.29) is 30.4 Å². The number of furan rings is 1. The number of rotatable bonds is 13. The Morgan fingerprint density at radius 3 is 2.34 bits per heavy atom. The largest absolute Gasteiger partial charge is 0.464 e. The number of aryl methyl sites for hydroxylation is 1. The molecule has 0 aliphatic rings. The Morgan fingerprint density at radius 1 is 1.00 bits per heavy atom. The smallest absolute Gasteiger partial charge is 0.243 e. The van der Waals surface area contributed by atoms with E-state index in [1.807, 2.05) is 56.3 Å². The Hall–Kier alpha value is -2.65. The first-order chi connectivity index (χ1) is 16.8. The van der Waals surface area contributed by atoms with Crippen molar-refractivity contribution in [2.45, 2.75) is 38.3 Å². The summed E-state index contributed by atoms with van der Waals surface area (Å²) in [5, 5.41) is 0.436. The molecule has 0 bridgehead atoms. The van der Waals surface area contributed by atoms with Gasteiger partial charge in [0.25, 0.3) is 0 Å². The number of carbonyl (C=O) groups excluding carboxylic acids is 1. The molecular weight excluding hydrogens is 488 g/mol. The average molecular weight is 519 g/mol. The molecule has 1 amide bonds. The van der Waals surface area contributed by atoms with Gasteiger partial charge in [-0.15, -0.1) is 0 Å². The zero-order valence-electron chi connectivity index (χ0n) is 20.0. The molecule has 0 aliphatic heterocycles. The van der Waals surface area contributed by atoms with Gasteiger partial charge in [-0.25, -0.2) is 8.42 Å². The molecule has 7 nitrogen and oxygen atoms in total. The highest BCUT2D eigenvalue weighted by atomic mass is 35.5. The summed E-state index contributed by atoms with van der Waals surface area (Å²) in [5.41, 5.74) is 0.938. The maximum atomic E-state index is 13.5. The van der Waals surface area contributed by atoms with Crippen LogP contribution in [-0.2, 0) is 32.6 Å². The number of nitrogens with zero attached hydrogens (tertiary/aromatic N) is 2. The van der Waals surface area contributed by atoms with Gasteiger partial charge in [-0.05, 0) is 62.2 Å². The van der Waals surface area contributed by atoms with Gasteiger partial charge in [0.2, 0.25) is 15.9 Å². The number of carbonyl (C=O) groups is 1. The fourth-order valence-electron chi connectivity index (χ4n) is 3.57. The molecule has 1 aromatic heterocycles. The standard InChI is InChI=1S/C26H31ClN2O5S/c1-3-33-17-7-16-29(35(31,32)25-14-11-23(27)12-15-25)20-26(30)28(18-22-8-5-4-6-9-22)19-24-13-10-21(2)34-24/h4-6,8-15H,3,7,16-20H2,1-2H3. The van der Waals surface area contributed by atoms with E-state index in [4.69, 9.17) is 20.8 Å². The van der Waals surface area contributed by atoms with Crippen LogP contribution in [-0.4, -0.2) is 49.8 Å². The SMILES string of the molecule is CCOCCCN(CC(=O)N(Cc1ccccc1)Cc1ccc(C)o1)S(=O)(=O)c1ccc(Cl)cc1. The predicted molar refractivity (Wildman–Crippen MR) is 135 cm³/mol. The summed E-state index contributed by atoms with van der Waals surface area (Å²) in [6.45, 7) is 5.06. The third-order valence-corrected chi connectivity index (χ3v) is 7.49. The lowest BCUT2D eigenvalue weighted by Gasteiger charge is -2.27. The topological polar surface area (TPSA) is 80.1 Å². The number of halogens is 1. The van der Waals surface area contributed by atoms with Gasteiger partial charge in [0.1, 0.15) is 11.5 Å². The summed E-state index contributed by atoms with van der Waals surface area (Å²) in [6, 6.07) is 19.2. The van der Waals surface area contributed by atoms with Crippen LogP contribution in [0, 0.1) is 6.92 Å². The monoisotopic (exact) mass is 518 g/mol.